The summed E-state index contributed by atoms with van der Waals surface area (Å²) in [5.41, 5.74) is 1.38. The third-order valence-corrected chi connectivity index (χ3v) is 4.60. The second-order valence-electron chi connectivity index (χ2n) is 6.08. The zero-order chi connectivity index (χ0) is 15.1. The van der Waals surface area contributed by atoms with Crippen molar-refractivity contribution in [1.82, 2.24) is 5.32 Å². The lowest BCUT2D eigenvalue weighted by atomic mass is 9.81. The van der Waals surface area contributed by atoms with Crippen LogP contribution in [0.4, 0.5) is 0 Å². The fourth-order valence-electron chi connectivity index (χ4n) is 3.50. The van der Waals surface area contributed by atoms with Crippen molar-refractivity contribution in [3.63, 3.8) is 0 Å². The molecule has 2 atom stereocenters. The molecule has 1 aromatic rings. The largest absolute Gasteiger partial charge is 0.354 e. The van der Waals surface area contributed by atoms with E-state index in [1.165, 1.54) is 37.7 Å². The SMILES string of the molecule is COC(OC)C(C)NC(c1ccccc1)C1CCCCC1. The molecule has 118 valence electrons. The Labute approximate surface area is 129 Å². The van der Waals surface area contributed by atoms with Crippen LogP contribution in [-0.4, -0.2) is 26.6 Å². The quantitative estimate of drug-likeness (QED) is 0.773. The summed E-state index contributed by atoms with van der Waals surface area (Å²) in [6.45, 7) is 2.14. The van der Waals surface area contributed by atoms with Crippen molar-refractivity contribution in [3.8, 4) is 0 Å². The Bertz CT molecular complexity index is 385. The maximum atomic E-state index is 5.40. The number of nitrogens with one attached hydrogen (secondary N) is 1. The minimum atomic E-state index is -0.209. The number of hydrogen-bond acceptors (Lipinski definition) is 3. The summed E-state index contributed by atoms with van der Waals surface area (Å²) < 4.78 is 10.8. The van der Waals surface area contributed by atoms with Crippen LogP contribution in [0.5, 0.6) is 0 Å². The van der Waals surface area contributed by atoms with Gasteiger partial charge in [0, 0.05) is 20.3 Å². The highest BCUT2D eigenvalue weighted by Crippen LogP contribution is 2.34. The van der Waals surface area contributed by atoms with Gasteiger partial charge in [-0.2, -0.15) is 0 Å². The summed E-state index contributed by atoms with van der Waals surface area (Å²) in [4.78, 5) is 0. The Morgan fingerprint density at radius 2 is 1.62 bits per heavy atom. The van der Waals surface area contributed by atoms with Gasteiger partial charge >= 0.3 is 0 Å². The van der Waals surface area contributed by atoms with E-state index < -0.39 is 0 Å². The Kier molecular flexibility index (Phi) is 6.68. The number of ether oxygens (including phenoxy) is 2. The molecule has 1 fully saturated rings. The lowest BCUT2D eigenvalue weighted by Crippen LogP contribution is -2.44. The summed E-state index contributed by atoms with van der Waals surface area (Å²) in [5.74, 6) is 0.706. The molecule has 1 saturated carbocycles. The fraction of sp³-hybridized carbons (Fsp3) is 0.667. The van der Waals surface area contributed by atoms with Gasteiger partial charge in [0.15, 0.2) is 6.29 Å². The first-order valence-electron chi connectivity index (χ1n) is 8.13. The van der Waals surface area contributed by atoms with E-state index in [9.17, 15) is 0 Å². The maximum absolute atomic E-state index is 5.40. The summed E-state index contributed by atoms with van der Waals surface area (Å²) in [7, 11) is 3.40. The molecule has 1 aromatic carbocycles. The van der Waals surface area contributed by atoms with E-state index in [2.05, 4.69) is 42.6 Å². The minimum Gasteiger partial charge on any atom is -0.354 e. The van der Waals surface area contributed by atoms with Crippen molar-refractivity contribution in [1.29, 1.82) is 0 Å². The zero-order valence-corrected chi connectivity index (χ0v) is 13.5. The van der Waals surface area contributed by atoms with Crippen LogP contribution in [0.1, 0.15) is 50.6 Å². The van der Waals surface area contributed by atoms with Crippen molar-refractivity contribution in [2.45, 2.75) is 57.4 Å². The third kappa shape index (κ3) is 4.53. The molecular formula is C18H29NO2. The highest BCUT2D eigenvalue weighted by molar-refractivity contribution is 5.20. The van der Waals surface area contributed by atoms with Crippen LogP contribution >= 0.6 is 0 Å². The first kappa shape index (κ1) is 16.5. The molecule has 21 heavy (non-hydrogen) atoms. The molecule has 0 heterocycles. The van der Waals surface area contributed by atoms with Crippen molar-refractivity contribution in [3.05, 3.63) is 35.9 Å². The second-order valence-corrected chi connectivity index (χ2v) is 6.08. The second kappa shape index (κ2) is 8.52. The normalized spacial score (nSPS) is 19.6. The highest BCUT2D eigenvalue weighted by Gasteiger charge is 2.28. The molecule has 0 aromatic heterocycles. The molecule has 0 aliphatic heterocycles. The van der Waals surface area contributed by atoms with Crippen LogP contribution in [0.2, 0.25) is 0 Å². The van der Waals surface area contributed by atoms with E-state index in [1.54, 1.807) is 14.2 Å². The van der Waals surface area contributed by atoms with Crippen LogP contribution in [-0.2, 0) is 9.47 Å². The van der Waals surface area contributed by atoms with Crippen molar-refractivity contribution >= 4 is 0 Å². The van der Waals surface area contributed by atoms with Crippen LogP contribution in [0, 0.1) is 5.92 Å². The predicted molar refractivity (Wildman–Crippen MR) is 86.2 cm³/mol. The molecule has 0 radical (unpaired) electrons. The molecule has 0 saturated heterocycles. The number of benzene rings is 1. The first-order valence-corrected chi connectivity index (χ1v) is 8.13. The van der Waals surface area contributed by atoms with E-state index in [0.717, 1.165) is 0 Å². The van der Waals surface area contributed by atoms with Gasteiger partial charge in [-0.25, -0.2) is 0 Å². The molecule has 2 rings (SSSR count). The lowest BCUT2D eigenvalue weighted by molar-refractivity contribution is -0.122. The smallest absolute Gasteiger partial charge is 0.171 e. The molecule has 0 bridgehead atoms. The fourth-order valence-corrected chi connectivity index (χ4v) is 3.50. The molecule has 1 N–H and O–H groups in total. The maximum Gasteiger partial charge on any atom is 0.171 e. The lowest BCUT2D eigenvalue weighted by Gasteiger charge is -2.35. The summed E-state index contributed by atoms with van der Waals surface area (Å²) in [6, 6.07) is 11.3. The number of rotatable bonds is 7. The van der Waals surface area contributed by atoms with Gasteiger partial charge in [0.1, 0.15) is 0 Å². The first-order chi connectivity index (χ1) is 10.3. The van der Waals surface area contributed by atoms with Gasteiger partial charge in [-0.1, -0.05) is 49.6 Å². The number of hydrogen-bond donors (Lipinski definition) is 1. The van der Waals surface area contributed by atoms with Crippen LogP contribution in [0.15, 0.2) is 30.3 Å². The van der Waals surface area contributed by atoms with E-state index >= 15 is 0 Å². The van der Waals surface area contributed by atoms with Gasteiger partial charge < -0.3 is 14.8 Å². The number of methoxy groups -OCH3 is 2. The molecule has 3 nitrogen and oxygen atoms in total. The van der Waals surface area contributed by atoms with E-state index in [4.69, 9.17) is 9.47 Å². The van der Waals surface area contributed by atoms with Gasteiger partial charge in [-0.3, -0.25) is 0 Å². The Balaban J connectivity index is 2.11. The van der Waals surface area contributed by atoms with Gasteiger partial charge in [0.25, 0.3) is 0 Å². The monoisotopic (exact) mass is 291 g/mol. The van der Waals surface area contributed by atoms with Crippen molar-refractivity contribution < 1.29 is 9.47 Å². The van der Waals surface area contributed by atoms with E-state index in [-0.39, 0.29) is 12.3 Å². The average Bonchev–Trinajstić information content (AvgIpc) is 2.55. The molecule has 0 spiro atoms. The molecule has 2 unspecified atom stereocenters. The summed E-state index contributed by atoms with van der Waals surface area (Å²) in [5, 5.41) is 3.75. The Morgan fingerprint density at radius 1 is 1.00 bits per heavy atom. The molecule has 1 aliphatic carbocycles. The zero-order valence-electron chi connectivity index (χ0n) is 13.5. The predicted octanol–water partition coefficient (Wildman–Crippen LogP) is 3.91. The Hall–Kier alpha value is -0.900. The molecule has 3 heteroatoms. The van der Waals surface area contributed by atoms with Crippen LogP contribution < -0.4 is 5.32 Å². The van der Waals surface area contributed by atoms with Crippen LogP contribution in [0.3, 0.4) is 0 Å². The van der Waals surface area contributed by atoms with E-state index in [0.29, 0.717) is 12.0 Å². The van der Waals surface area contributed by atoms with Crippen LogP contribution in [0.25, 0.3) is 0 Å². The van der Waals surface area contributed by atoms with Gasteiger partial charge in [0.05, 0.1) is 6.04 Å². The van der Waals surface area contributed by atoms with Crippen molar-refractivity contribution in [2.75, 3.05) is 14.2 Å². The molecular weight excluding hydrogens is 262 g/mol. The Morgan fingerprint density at radius 3 is 2.19 bits per heavy atom. The summed E-state index contributed by atoms with van der Waals surface area (Å²) in [6.07, 6.45) is 6.49. The van der Waals surface area contributed by atoms with Crippen molar-refractivity contribution in [2.24, 2.45) is 5.92 Å². The highest BCUT2D eigenvalue weighted by atomic mass is 16.7. The molecule has 1 aliphatic rings. The standard InChI is InChI=1S/C18H29NO2/c1-14(18(20-2)21-3)19-17(15-10-6-4-7-11-15)16-12-8-5-9-13-16/h4,6-7,10-11,14,16-19H,5,8-9,12-13H2,1-3H3. The topological polar surface area (TPSA) is 30.5 Å². The van der Waals surface area contributed by atoms with Gasteiger partial charge in [0.2, 0.25) is 0 Å². The average molecular weight is 291 g/mol. The van der Waals surface area contributed by atoms with Gasteiger partial charge in [-0.15, -0.1) is 0 Å². The summed E-state index contributed by atoms with van der Waals surface area (Å²) >= 11 is 0. The van der Waals surface area contributed by atoms with Gasteiger partial charge in [-0.05, 0) is 31.2 Å². The van der Waals surface area contributed by atoms with E-state index in [1.807, 2.05) is 0 Å². The minimum absolute atomic E-state index is 0.159. The molecule has 0 amide bonds. The third-order valence-electron chi connectivity index (χ3n) is 4.60.